The summed E-state index contributed by atoms with van der Waals surface area (Å²) >= 11 is 0. The zero-order valence-electron chi connectivity index (χ0n) is 10.6. The van der Waals surface area contributed by atoms with E-state index in [4.69, 9.17) is 4.74 Å². The van der Waals surface area contributed by atoms with Crippen LogP contribution in [-0.4, -0.2) is 24.2 Å². The van der Waals surface area contributed by atoms with Gasteiger partial charge in [0.15, 0.2) is 0 Å². The highest BCUT2D eigenvalue weighted by Gasteiger charge is 2.47. The van der Waals surface area contributed by atoms with Gasteiger partial charge >= 0.3 is 5.97 Å². The van der Waals surface area contributed by atoms with Crippen molar-refractivity contribution in [3.8, 4) is 0 Å². The third kappa shape index (κ3) is 2.10. The summed E-state index contributed by atoms with van der Waals surface area (Å²) in [6, 6.07) is 0.325. The minimum absolute atomic E-state index is 0.0173. The summed E-state index contributed by atoms with van der Waals surface area (Å²) in [4.78, 5) is 12.0. The molecule has 1 atom stereocenters. The standard InChI is InChI=1S/C13H23NO2/c1-9(2)11-8-16-12(15)13(14-11)6-4-10(3)5-7-13/h9-11,14H,4-8H2,1-3H3/t10?,11-,13?/m1/s1. The molecule has 1 N–H and O–H groups in total. The number of carbonyl (C=O) groups excluding carboxylic acids is 1. The fourth-order valence-electron chi connectivity index (χ4n) is 2.72. The van der Waals surface area contributed by atoms with Gasteiger partial charge in [-0.3, -0.25) is 10.1 Å². The lowest BCUT2D eigenvalue weighted by molar-refractivity contribution is -0.162. The minimum Gasteiger partial charge on any atom is -0.463 e. The van der Waals surface area contributed by atoms with Crippen molar-refractivity contribution in [2.45, 2.75) is 58.0 Å². The predicted octanol–water partition coefficient (Wildman–Crippen LogP) is 2.11. The first kappa shape index (κ1) is 11.9. The van der Waals surface area contributed by atoms with Crippen molar-refractivity contribution in [1.29, 1.82) is 0 Å². The largest absolute Gasteiger partial charge is 0.463 e. The van der Waals surface area contributed by atoms with Gasteiger partial charge < -0.3 is 4.74 Å². The van der Waals surface area contributed by atoms with E-state index in [0.29, 0.717) is 18.6 Å². The van der Waals surface area contributed by atoms with E-state index in [2.05, 4.69) is 26.1 Å². The summed E-state index contributed by atoms with van der Waals surface area (Å²) < 4.78 is 5.38. The molecular weight excluding hydrogens is 202 g/mol. The Bertz CT molecular complexity index is 267. The lowest BCUT2D eigenvalue weighted by atomic mass is 9.75. The van der Waals surface area contributed by atoms with Gasteiger partial charge in [-0.1, -0.05) is 20.8 Å². The van der Waals surface area contributed by atoms with Gasteiger partial charge in [0, 0.05) is 6.04 Å². The van der Waals surface area contributed by atoms with Gasteiger partial charge in [0.1, 0.15) is 12.1 Å². The van der Waals surface area contributed by atoms with Crippen LogP contribution in [0.4, 0.5) is 0 Å². The number of morpholine rings is 1. The summed E-state index contributed by atoms with van der Waals surface area (Å²) in [6.45, 7) is 7.15. The smallest absolute Gasteiger partial charge is 0.326 e. The highest BCUT2D eigenvalue weighted by Crippen LogP contribution is 2.35. The first-order valence-corrected chi connectivity index (χ1v) is 6.48. The number of rotatable bonds is 1. The Morgan fingerprint density at radius 1 is 1.38 bits per heavy atom. The molecule has 0 aromatic heterocycles. The minimum atomic E-state index is -0.361. The van der Waals surface area contributed by atoms with Crippen LogP contribution in [0.5, 0.6) is 0 Å². The number of hydrogen-bond acceptors (Lipinski definition) is 3. The van der Waals surface area contributed by atoms with Gasteiger partial charge in [-0.15, -0.1) is 0 Å². The van der Waals surface area contributed by atoms with E-state index in [1.165, 1.54) is 0 Å². The summed E-state index contributed by atoms with van der Waals surface area (Å²) in [6.07, 6.45) is 4.15. The molecule has 0 unspecified atom stereocenters. The van der Waals surface area contributed by atoms with Gasteiger partial charge in [0.05, 0.1) is 0 Å². The number of carbonyl (C=O) groups is 1. The molecule has 0 aromatic carbocycles. The van der Waals surface area contributed by atoms with Crippen LogP contribution in [0.2, 0.25) is 0 Å². The summed E-state index contributed by atoms with van der Waals surface area (Å²) in [7, 11) is 0. The molecule has 0 amide bonds. The molecule has 0 bridgehead atoms. The van der Waals surface area contributed by atoms with E-state index in [9.17, 15) is 4.79 Å². The van der Waals surface area contributed by atoms with E-state index < -0.39 is 0 Å². The molecule has 1 saturated carbocycles. The number of esters is 1. The van der Waals surface area contributed by atoms with Gasteiger partial charge in [0.25, 0.3) is 0 Å². The number of cyclic esters (lactones) is 1. The maximum Gasteiger partial charge on any atom is 0.326 e. The quantitative estimate of drug-likeness (QED) is 0.695. The molecular formula is C13H23NO2. The van der Waals surface area contributed by atoms with Crippen molar-refractivity contribution in [2.24, 2.45) is 11.8 Å². The lowest BCUT2D eigenvalue weighted by Gasteiger charge is -2.45. The Kier molecular flexibility index (Phi) is 3.24. The van der Waals surface area contributed by atoms with Gasteiger partial charge in [0.2, 0.25) is 0 Å². The van der Waals surface area contributed by atoms with Gasteiger partial charge in [-0.25, -0.2) is 0 Å². The lowest BCUT2D eigenvalue weighted by Crippen LogP contribution is -2.64. The Balaban J connectivity index is 2.08. The number of nitrogens with one attached hydrogen (secondary N) is 1. The number of ether oxygens (including phenoxy) is 1. The fraction of sp³-hybridized carbons (Fsp3) is 0.923. The molecule has 1 saturated heterocycles. The molecule has 92 valence electrons. The number of hydrogen-bond donors (Lipinski definition) is 1. The molecule has 16 heavy (non-hydrogen) atoms. The van der Waals surface area contributed by atoms with Crippen LogP contribution in [0.3, 0.4) is 0 Å². The second-order valence-corrected chi connectivity index (χ2v) is 5.86. The first-order valence-electron chi connectivity index (χ1n) is 6.48. The van der Waals surface area contributed by atoms with Crippen LogP contribution in [0, 0.1) is 11.8 Å². The molecule has 1 aliphatic heterocycles. The molecule has 1 aliphatic carbocycles. The van der Waals surface area contributed by atoms with E-state index >= 15 is 0 Å². The van der Waals surface area contributed by atoms with E-state index in [1.54, 1.807) is 0 Å². The average molecular weight is 225 g/mol. The third-order valence-corrected chi connectivity index (χ3v) is 4.18. The van der Waals surface area contributed by atoms with Crippen molar-refractivity contribution < 1.29 is 9.53 Å². The molecule has 1 heterocycles. The maximum absolute atomic E-state index is 12.0. The first-order chi connectivity index (χ1) is 7.53. The van der Waals surface area contributed by atoms with Crippen LogP contribution < -0.4 is 5.32 Å². The highest BCUT2D eigenvalue weighted by atomic mass is 16.5. The maximum atomic E-state index is 12.0. The molecule has 1 spiro atoms. The van der Waals surface area contributed by atoms with Gasteiger partial charge in [-0.2, -0.15) is 0 Å². The molecule has 3 heteroatoms. The summed E-state index contributed by atoms with van der Waals surface area (Å²) in [5, 5.41) is 3.56. The van der Waals surface area contributed by atoms with E-state index in [0.717, 1.165) is 31.6 Å². The molecule has 2 aliphatic rings. The van der Waals surface area contributed by atoms with E-state index in [-0.39, 0.29) is 11.5 Å². The summed E-state index contributed by atoms with van der Waals surface area (Å²) in [5.74, 6) is 1.25. The average Bonchev–Trinajstić information content (AvgIpc) is 2.26. The zero-order chi connectivity index (χ0) is 11.8. The van der Waals surface area contributed by atoms with E-state index in [1.807, 2.05) is 0 Å². The Morgan fingerprint density at radius 2 is 2.00 bits per heavy atom. The van der Waals surface area contributed by atoms with Crippen molar-refractivity contribution in [1.82, 2.24) is 5.32 Å². The Morgan fingerprint density at radius 3 is 2.56 bits per heavy atom. The second kappa shape index (κ2) is 4.36. The Hall–Kier alpha value is -0.570. The Labute approximate surface area is 97.9 Å². The monoisotopic (exact) mass is 225 g/mol. The van der Waals surface area contributed by atoms with Crippen LogP contribution >= 0.6 is 0 Å². The molecule has 2 rings (SSSR count). The molecule has 3 nitrogen and oxygen atoms in total. The van der Waals surface area contributed by atoms with Crippen LogP contribution in [0.1, 0.15) is 46.5 Å². The van der Waals surface area contributed by atoms with Crippen molar-refractivity contribution in [2.75, 3.05) is 6.61 Å². The highest BCUT2D eigenvalue weighted by molar-refractivity contribution is 5.81. The predicted molar refractivity (Wildman–Crippen MR) is 63.1 cm³/mol. The summed E-state index contributed by atoms with van der Waals surface area (Å²) in [5.41, 5.74) is -0.361. The normalized spacial score (nSPS) is 40.1. The van der Waals surface area contributed by atoms with Crippen molar-refractivity contribution in [3.05, 3.63) is 0 Å². The van der Waals surface area contributed by atoms with Crippen molar-refractivity contribution in [3.63, 3.8) is 0 Å². The third-order valence-electron chi connectivity index (χ3n) is 4.18. The molecule has 0 radical (unpaired) electrons. The fourth-order valence-corrected chi connectivity index (χ4v) is 2.72. The zero-order valence-corrected chi connectivity index (χ0v) is 10.6. The van der Waals surface area contributed by atoms with Crippen molar-refractivity contribution >= 4 is 5.97 Å². The second-order valence-electron chi connectivity index (χ2n) is 5.86. The SMILES string of the molecule is CC1CCC2(CC1)N[C@@H](C(C)C)COC2=O. The molecule has 2 fully saturated rings. The van der Waals surface area contributed by atoms with Gasteiger partial charge in [-0.05, 0) is 37.5 Å². The van der Waals surface area contributed by atoms with Crippen LogP contribution in [0.15, 0.2) is 0 Å². The molecule has 0 aromatic rings. The topological polar surface area (TPSA) is 38.3 Å². The van der Waals surface area contributed by atoms with Crippen LogP contribution in [0.25, 0.3) is 0 Å². The van der Waals surface area contributed by atoms with Crippen LogP contribution in [-0.2, 0) is 9.53 Å².